The summed E-state index contributed by atoms with van der Waals surface area (Å²) in [6.45, 7) is 3.36. The molecule has 1 spiro atoms. The van der Waals surface area contributed by atoms with E-state index in [-0.39, 0.29) is 30.3 Å². The minimum Gasteiger partial charge on any atom is -0.432 e. The number of pyridine rings is 1. The van der Waals surface area contributed by atoms with Gasteiger partial charge in [0.25, 0.3) is 5.91 Å². The third-order valence-corrected chi connectivity index (χ3v) is 7.18. The molecule has 1 saturated carbocycles. The van der Waals surface area contributed by atoms with Gasteiger partial charge in [-0.05, 0) is 44.4 Å². The molecule has 4 amide bonds. The second-order valence-corrected chi connectivity index (χ2v) is 9.47. The van der Waals surface area contributed by atoms with Crippen LogP contribution in [0, 0.1) is 0 Å². The number of hydrogen-bond donors (Lipinski definition) is 1. The molecule has 2 fully saturated rings. The van der Waals surface area contributed by atoms with Crippen LogP contribution in [0.1, 0.15) is 43.4 Å². The molecule has 1 aliphatic carbocycles. The Hall–Kier alpha value is -3.56. The highest BCUT2D eigenvalue weighted by molar-refractivity contribution is 6.23. The van der Waals surface area contributed by atoms with Crippen molar-refractivity contribution in [2.45, 2.75) is 56.7 Å². The maximum atomic E-state index is 14.4. The molecule has 10 heteroatoms. The van der Waals surface area contributed by atoms with E-state index in [1.165, 1.54) is 23.1 Å². The van der Waals surface area contributed by atoms with Crippen LogP contribution in [0.25, 0.3) is 0 Å². The highest BCUT2D eigenvalue weighted by Gasteiger charge is 2.70. The van der Waals surface area contributed by atoms with E-state index < -0.39 is 29.0 Å². The Morgan fingerprint density at radius 3 is 2.64 bits per heavy atom. The monoisotopic (exact) mass is 454 g/mol. The van der Waals surface area contributed by atoms with Gasteiger partial charge in [-0.3, -0.25) is 9.59 Å². The minimum absolute atomic E-state index is 0.00314. The molecule has 3 aliphatic heterocycles. The quantitative estimate of drug-likeness (QED) is 0.719. The van der Waals surface area contributed by atoms with Gasteiger partial charge in [0.1, 0.15) is 22.5 Å². The molecule has 1 N–H and O–H groups in total. The van der Waals surface area contributed by atoms with Crippen LogP contribution in [0.2, 0.25) is 0 Å². The van der Waals surface area contributed by atoms with Gasteiger partial charge in [-0.25, -0.2) is 14.7 Å². The topological polar surface area (TPSA) is 91.8 Å². The molecule has 2 aromatic rings. The summed E-state index contributed by atoms with van der Waals surface area (Å²) in [5, 5.41) is 2.67. The first kappa shape index (κ1) is 20.1. The normalized spacial score (nSPS) is 23.0. The second kappa shape index (κ2) is 6.06. The number of carbonyl (C=O) groups is 3. The lowest BCUT2D eigenvalue weighted by Crippen LogP contribution is -2.43. The van der Waals surface area contributed by atoms with E-state index in [1.54, 1.807) is 26.1 Å². The van der Waals surface area contributed by atoms with E-state index >= 15 is 0 Å². The van der Waals surface area contributed by atoms with Crippen molar-refractivity contribution < 1.29 is 27.9 Å². The number of urea groups is 1. The molecule has 4 heterocycles. The molecular weight excluding hydrogens is 434 g/mol. The summed E-state index contributed by atoms with van der Waals surface area (Å²) in [5.41, 5.74) is -0.481. The third kappa shape index (κ3) is 2.54. The first-order valence-corrected chi connectivity index (χ1v) is 10.7. The predicted octanol–water partition coefficient (Wildman–Crippen LogP) is 3.34. The van der Waals surface area contributed by atoms with Crippen molar-refractivity contribution >= 4 is 29.4 Å². The van der Waals surface area contributed by atoms with E-state index in [9.17, 15) is 23.2 Å². The zero-order valence-electron chi connectivity index (χ0n) is 17.9. The van der Waals surface area contributed by atoms with Gasteiger partial charge in [-0.2, -0.15) is 8.78 Å². The van der Waals surface area contributed by atoms with Crippen LogP contribution in [-0.2, 0) is 28.0 Å². The molecule has 0 unspecified atom stereocenters. The number of ether oxygens (including phenoxy) is 1. The Morgan fingerprint density at radius 1 is 1.15 bits per heavy atom. The van der Waals surface area contributed by atoms with Crippen molar-refractivity contribution in [2.24, 2.45) is 0 Å². The number of alkyl halides is 2. The second-order valence-electron chi connectivity index (χ2n) is 9.47. The van der Waals surface area contributed by atoms with Gasteiger partial charge in [0.05, 0.1) is 12.1 Å². The number of imide groups is 1. The van der Waals surface area contributed by atoms with Crippen molar-refractivity contribution in [3.63, 3.8) is 0 Å². The van der Waals surface area contributed by atoms with Crippen molar-refractivity contribution in [1.29, 1.82) is 0 Å². The van der Waals surface area contributed by atoms with E-state index in [1.807, 2.05) is 0 Å². The SMILES string of the molecule is CC1(C)C(=O)N(c2ccc3c(c2)OC(F)(F)C32CC2)C(=O)N1Cc1ccnc2c1CC(=O)N2. The highest BCUT2D eigenvalue weighted by atomic mass is 19.3. The van der Waals surface area contributed by atoms with Crippen LogP contribution in [0.5, 0.6) is 5.75 Å². The summed E-state index contributed by atoms with van der Waals surface area (Å²) >= 11 is 0. The van der Waals surface area contributed by atoms with E-state index in [0.29, 0.717) is 35.3 Å². The molecule has 8 nitrogen and oxygen atoms in total. The molecule has 1 saturated heterocycles. The molecule has 33 heavy (non-hydrogen) atoms. The van der Waals surface area contributed by atoms with Crippen molar-refractivity contribution in [1.82, 2.24) is 9.88 Å². The number of benzene rings is 1. The summed E-state index contributed by atoms with van der Waals surface area (Å²) in [6.07, 6.45) is -0.939. The standard InChI is InChI=1S/C23H20F2N4O4/c1-21(2)19(31)29(13-3-4-15-16(9-13)33-23(24,25)22(15)6-7-22)20(32)28(21)11-12-5-8-26-18-14(12)10-17(30)27-18/h3-5,8-9H,6-7,10-11H2,1-2H3,(H,26,27,30). The van der Waals surface area contributed by atoms with E-state index in [0.717, 1.165) is 4.90 Å². The maximum Gasteiger partial charge on any atom is 0.407 e. The van der Waals surface area contributed by atoms with Gasteiger partial charge in [0.15, 0.2) is 0 Å². The first-order chi connectivity index (χ1) is 15.5. The Labute approximate surface area is 187 Å². The lowest BCUT2D eigenvalue weighted by Gasteiger charge is -2.28. The molecule has 4 aliphatic rings. The number of halogens is 2. The summed E-state index contributed by atoms with van der Waals surface area (Å²) in [6, 6.07) is 5.54. The predicted molar refractivity (Wildman–Crippen MR) is 112 cm³/mol. The van der Waals surface area contributed by atoms with Gasteiger partial charge in [0.2, 0.25) is 5.91 Å². The van der Waals surface area contributed by atoms with Crippen LogP contribution in [0.4, 0.5) is 25.1 Å². The molecule has 1 aromatic heterocycles. The van der Waals surface area contributed by atoms with Crippen molar-refractivity contribution in [3.05, 3.63) is 47.2 Å². The Balaban J connectivity index is 1.34. The fourth-order valence-electron chi connectivity index (χ4n) is 5.03. The summed E-state index contributed by atoms with van der Waals surface area (Å²) in [4.78, 5) is 45.1. The number of nitrogens with one attached hydrogen (secondary N) is 1. The van der Waals surface area contributed by atoms with Crippen LogP contribution in [0.15, 0.2) is 30.5 Å². The smallest absolute Gasteiger partial charge is 0.407 e. The van der Waals surface area contributed by atoms with Gasteiger partial charge in [-0.15, -0.1) is 0 Å². The number of fused-ring (bicyclic) bond motifs is 3. The summed E-state index contributed by atoms with van der Waals surface area (Å²) in [5.74, 6) is -0.199. The Bertz CT molecular complexity index is 1270. The molecule has 1 aromatic carbocycles. The molecule has 170 valence electrons. The zero-order chi connectivity index (χ0) is 23.3. The van der Waals surface area contributed by atoms with Crippen LogP contribution in [-0.4, -0.2) is 39.4 Å². The zero-order valence-corrected chi connectivity index (χ0v) is 17.9. The number of anilines is 2. The fourth-order valence-corrected chi connectivity index (χ4v) is 5.03. The van der Waals surface area contributed by atoms with Crippen LogP contribution >= 0.6 is 0 Å². The third-order valence-electron chi connectivity index (χ3n) is 7.18. The average Bonchev–Trinajstić information content (AvgIpc) is 3.38. The molecule has 6 rings (SSSR count). The van der Waals surface area contributed by atoms with Crippen molar-refractivity contribution in [2.75, 3.05) is 10.2 Å². The van der Waals surface area contributed by atoms with E-state index in [4.69, 9.17) is 4.74 Å². The lowest BCUT2D eigenvalue weighted by atomic mass is 9.96. The Kier molecular flexibility index (Phi) is 3.69. The number of amides is 4. The van der Waals surface area contributed by atoms with Crippen LogP contribution < -0.4 is 15.0 Å². The van der Waals surface area contributed by atoms with E-state index in [2.05, 4.69) is 10.3 Å². The number of aromatic nitrogens is 1. The average molecular weight is 454 g/mol. The number of rotatable bonds is 3. The van der Waals surface area contributed by atoms with Gasteiger partial charge in [-0.1, -0.05) is 6.07 Å². The largest absolute Gasteiger partial charge is 0.432 e. The van der Waals surface area contributed by atoms with Crippen molar-refractivity contribution in [3.8, 4) is 5.75 Å². The van der Waals surface area contributed by atoms with Gasteiger partial charge < -0.3 is 15.0 Å². The lowest BCUT2D eigenvalue weighted by molar-refractivity contribution is -0.186. The number of nitrogens with zero attached hydrogens (tertiary/aromatic N) is 3. The summed E-state index contributed by atoms with van der Waals surface area (Å²) < 4.78 is 33.7. The number of hydrogen-bond acceptors (Lipinski definition) is 5. The van der Waals surface area contributed by atoms with Gasteiger partial charge in [0, 0.05) is 29.9 Å². The molecule has 0 atom stereocenters. The summed E-state index contributed by atoms with van der Waals surface area (Å²) in [7, 11) is 0. The Morgan fingerprint density at radius 2 is 1.91 bits per heavy atom. The minimum atomic E-state index is -3.30. The first-order valence-electron chi connectivity index (χ1n) is 10.7. The molecule has 0 bridgehead atoms. The van der Waals surface area contributed by atoms with Gasteiger partial charge >= 0.3 is 12.1 Å². The molecule has 0 radical (unpaired) electrons. The number of carbonyl (C=O) groups excluding carboxylic acids is 3. The fraction of sp³-hybridized carbons (Fsp3) is 0.391. The maximum absolute atomic E-state index is 14.4. The van der Waals surface area contributed by atoms with Crippen LogP contribution in [0.3, 0.4) is 0 Å². The highest BCUT2D eigenvalue weighted by Crippen LogP contribution is 2.65. The molecular formula is C23H20F2N4O4.